The number of aromatic carboxylic acids is 1. The van der Waals surface area contributed by atoms with Crippen LogP contribution in [0, 0.1) is 25.2 Å². The number of ether oxygens (including phenoxy) is 1. The lowest BCUT2D eigenvalue weighted by Gasteiger charge is -2.10. The Morgan fingerprint density at radius 1 is 1.30 bits per heavy atom. The number of carbonyl (C=O) groups is 1. The highest BCUT2D eigenvalue weighted by molar-refractivity contribution is 5.88. The Balaban J connectivity index is 2.45. The van der Waals surface area contributed by atoms with Crippen molar-refractivity contribution in [3.63, 3.8) is 0 Å². The SMILES string of the molecule is Cc1ccc(C(=O)O)cc1Oc1nccc(C)c1C#N. The number of rotatable bonds is 3. The van der Waals surface area contributed by atoms with Crippen molar-refractivity contribution in [3.8, 4) is 17.7 Å². The fourth-order valence-corrected chi connectivity index (χ4v) is 1.69. The molecular formula is C15H12N2O3. The summed E-state index contributed by atoms with van der Waals surface area (Å²) < 4.78 is 5.61. The Labute approximate surface area is 116 Å². The minimum atomic E-state index is -1.03. The number of hydrogen-bond donors (Lipinski definition) is 1. The van der Waals surface area contributed by atoms with Crippen LogP contribution in [-0.4, -0.2) is 16.1 Å². The van der Waals surface area contributed by atoms with E-state index in [-0.39, 0.29) is 11.4 Å². The number of carboxylic acids is 1. The molecule has 0 aliphatic heterocycles. The van der Waals surface area contributed by atoms with E-state index in [1.165, 1.54) is 12.1 Å². The number of nitrogens with zero attached hydrogens (tertiary/aromatic N) is 2. The third-order valence-electron chi connectivity index (χ3n) is 2.88. The zero-order chi connectivity index (χ0) is 14.7. The molecule has 0 fully saturated rings. The van der Waals surface area contributed by atoms with E-state index >= 15 is 0 Å². The molecule has 0 unspecified atom stereocenters. The van der Waals surface area contributed by atoms with Crippen LogP contribution in [0.5, 0.6) is 11.6 Å². The molecule has 0 saturated carbocycles. The first-order valence-corrected chi connectivity index (χ1v) is 5.90. The molecular weight excluding hydrogens is 256 g/mol. The van der Waals surface area contributed by atoms with E-state index in [4.69, 9.17) is 15.1 Å². The van der Waals surface area contributed by atoms with Gasteiger partial charge in [0.1, 0.15) is 17.4 Å². The number of pyridine rings is 1. The number of hydrogen-bond acceptors (Lipinski definition) is 4. The van der Waals surface area contributed by atoms with Crippen LogP contribution in [0.2, 0.25) is 0 Å². The monoisotopic (exact) mass is 268 g/mol. The highest BCUT2D eigenvalue weighted by atomic mass is 16.5. The van der Waals surface area contributed by atoms with Gasteiger partial charge in [-0.1, -0.05) is 6.07 Å². The Morgan fingerprint density at radius 3 is 2.70 bits per heavy atom. The average molecular weight is 268 g/mol. The molecule has 0 radical (unpaired) electrons. The molecule has 20 heavy (non-hydrogen) atoms. The molecule has 0 bridgehead atoms. The summed E-state index contributed by atoms with van der Waals surface area (Å²) in [6.07, 6.45) is 1.54. The van der Waals surface area contributed by atoms with Crippen molar-refractivity contribution >= 4 is 5.97 Å². The summed E-state index contributed by atoms with van der Waals surface area (Å²) in [5, 5.41) is 18.1. The Morgan fingerprint density at radius 2 is 2.05 bits per heavy atom. The summed E-state index contributed by atoms with van der Waals surface area (Å²) >= 11 is 0. The molecule has 2 aromatic rings. The second kappa shape index (κ2) is 5.41. The Hall–Kier alpha value is -2.87. The normalized spacial score (nSPS) is 9.85. The quantitative estimate of drug-likeness (QED) is 0.924. The van der Waals surface area contributed by atoms with Gasteiger partial charge in [0.2, 0.25) is 5.88 Å². The van der Waals surface area contributed by atoms with Crippen LogP contribution in [0.4, 0.5) is 0 Å². The van der Waals surface area contributed by atoms with Crippen molar-refractivity contribution in [2.75, 3.05) is 0 Å². The van der Waals surface area contributed by atoms with Crippen LogP contribution in [0.1, 0.15) is 27.0 Å². The highest BCUT2D eigenvalue weighted by Crippen LogP contribution is 2.28. The Bertz CT molecular complexity index is 718. The van der Waals surface area contributed by atoms with E-state index in [2.05, 4.69) is 4.98 Å². The van der Waals surface area contributed by atoms with Crippen LogP contribution in [0.15, 0.2) is 30.5 Å². The van der Waals surface area contributed by atoms with Crippen molar-refractivity contribution < 1.29 is 14.6 Å². The number of carboxylic acid groups (broad SMARTS) is 1. The summed E-state index contributed by atoms with van der Waals surface area (Å²) in [7, 11) is 0. The van der Waals surface area contributed by atoms with Crippen LogP contribution < -0.4 is 4.74 Å². The molecule has 0 spiro atoms. The largest absolute Gasteiger partial charge is 0.478 e. The minimum absolute atomic E-state index is 0.122. The lowest BCUT2D eigenvalue weighted by molar-refractivity contribution is 0.0696. The fraction of sp³-hybridized carbons (Fsp3) is 0.133. The molecule has 2 rings (SSSR count). The van der Waals surface area contributed by atoms with Gasteiger partial charge in [-0.2, -0.15) is 5.26 Å². The minimum Gasteiger partial charge on any atom is -0.478 e. The van der Waals surface area contributed by atoms with Crippen molar-refractivity contribution in [1.82, 2.24) is 4.98 Å². The van der Waals surface area contributed by atoms with E-state index in [0.717, 1.165) is 11.1 Å². The van der Waals surface area contributed by atoms with Crippen molar-refractivity contribution in [2.45, 2.75) is 13.8 Å². The van der Waals surface area contributed by atoms with Gasteiger partial charge in [0.15, 0.2) is 0 Å². The average Bonchev–Trinajstić information content (AvgIpc) is 2.41. The fourth-order valence-electron chi connectivity index (χ4n) is 1.69. The van der Waals surface area contributed by atoms with Crippen LogP contribution in [-0.2, 0) is 0 Å². The van der Waals surface area contributed by atoms with Crippen LogP contribution in [0.25, 0.3) is 0 Å². The third-order valence-corrected chi connectivity index (χ3v) is 2.88. The van der Waals surface area contributed by atoms with Gasteiger partial charge in [0.05, 0.1) is 5.56 Å². The third kappa shape index (κ3) is 2.59. The molecule has 100 valence electrons. The molecule has 0 amide bonds. The topological polar surface area (TPSA) is 83.2 Å². The summed E-state index contributed by atoms with van der Waals surface area (Å²) in [5.41, 5.74) is 1.98. The molecule has 0 aliphatic carbocycles. The van der Waals surface area contributed by atoms with Gasteiger partial charge in [-0.25, -0.2) is 9.78 Å². The number of aryl methyl sites for hydroxylation is 2. The lowest BCUT2D eigenvalue weighted by Crippen LogP contribution is -1.99. The van der Waals surface area contributed by atoms with Crippen molar-refractivity contribution in [3.05, 3.63) is 52.7 Å². The van der Waals surface area contributed by atoms with E-state index < -0.39 is 5.97 Å². The predicted octanol–water partition coefficient (Wildman–Crippen LogP) is 3.06. The second-order valence-corrected chi connectivity index (χ2v) is 4.31. The van der Waals surface area contributed by atoms with Crippen LogP contribution in [0.3, 0.4) is 0 Å². The summed E-state index contributed by atoms with van der Waals surface area (Å²) in [5.74, 6) is -0.481. The molecule has 1 heterocycles. The standard InChI is InChI=1S/C15H12N2O3/c1-9-5-6-17-14(12(9)8-16)20-13-7-11(15(18)19)4-3-10(13)2/h3-7H,1-2H3,(H,18,19). The molecule has 1 aromatic carbocycles. The second-order valence-electron chi connectivity index (χ2n) is 4.31. The smallest absolute Gasteiger partial charge is 0.335 e. The molecule has 1 N–H and O–H groups in total. The van der Waals surface area contributed by atoms with Gasteiger partial charge in [-0.3, -0.25) is 0 Å². The van der Waals surface area contributed by atoms with E-state index in [0.29, 0.717) is 11.3 Å². The van der Waals surface area contributed by atoms with E-state index in [1.807, 2.05) is 6.07 Å². The summed E-state index contributed by atoms with van der Waals surface area (Å²) in [6.45, 7) is 3.58. The number of benzene rings is 1. The van der Waals surface area contributed by atoms with Gasteiger partial charge in [0.25, 0.3) is 0 Å². The zero-order valence-corrected chi connectivity index (χ0v) is 11.0. The van der Waals surface area contributed by atoms with Gasteiger partial charge in [0, 0.05) is 6.20 Å². The molecule has 5 heteroatoms. The summed E-state index contributed by atoms with van der Waals surface area (Å²) in [4.78, 5) is 15.0. The van der Waals surface area contributed by atoms with E-state index in [9.17, 15) is 4.79 Å². The lowest BCUT2D eigenvalue weighted by atomic mass is 10.1. The van der Waals surface area contributed by atoms with Crippen LogP contribution >= 0.6 is 0 Å². The predicted molar refractivity (Wildman–Crippen MR) is 71.9 cm³/mol. The first-order chi connectivity index (χ1) is 9.52. The van der Waals surface area contributed by atoms with Crippen molar-refractivity contribution in [1.29, 1.82) is 5.26 Å². The van der Waals surface area contributed by atoms with Gasteiger partial charge < -0.3 is 9.84 Å². The zero-order valence-electron chi connectivity index (χ0n) is 11.0. The first-order valence-electron chi connectivity index (χ1n) is 5.90. The number of aromatic nitrogens is 1. The molecule has 0 atom stereocenters. The van der Waals surface area contributed by atoms with E-state index in [1.54, 1.807) is 32.2 Å². The maximum Gasteiger partial charge on any atom is 0.335 e. The van der Waals surface area contributed by atoms with Gasteiger partial charge in [-0.05, 0) is 43.2 Å². The number of nitriles is 1. The molecule has 1 aromatic heterocycles. The first kappa shape index (κ1) is 13.6. The maximum absolute atomic E-state index is 11.0. The highest BCUT2D eigenvalue weighted by Gasteiger charge is 2.12. The van der Waals surface area contributed by atoms with Gasteiger partial charge >= 0.3 is 5.97 Å². The Kier molecular flexibility index (Phi) is 3.67. The molecule has 5 nitrogen and oxygen atoms in total. The molecule has 0 saturated heterocycles. The maximum atomic E-state index is 11.0. The van der Waals surface area contributed by atoms with Gasteiger partial charge in [-0.15, -0.1) is 0 Å². The molecule has 0 aliphatic rings. The summed E-state index contributed by atoms with van der Waals surface area (Å²) in [6, 6.07) is 8.32. The van der Waals surface area contributed by atoms with Crippen molar-refractivity contribution in [2.24, 2.45) is 0 Å².